The van der Waals surface area contributed by atoms with Crippen LogP contribution in [0.4, 0.5) is 0 Å². The summed E-state index contributed by atoms with van der Waals surface area (Å²) in [6.45, 7) is 1.23. The molecule has 2 heterocycles. The Bertz CT molecular complexity index is 506. The molecular formula is C13H21N3O2S. The largest absolute Gasteiger partial charge is 0.348 e. The van der Waals surface area contributed by atoms with Gasteiger partial charge in [-0.15, -0.1) is 0 Å². The minimum Gasteiger partial charge on any atom is -0.348 e. The van der Waals surface area contributed by atoms with Crippen LogP contribution in [0.2, 0.25) is 0 Å². The maximum absolute atomic E-state index is 12.6. The van der Waals surface area contributed by atoms with E-state index in [-0.39, 0.29) is 11.2 Å². The summed E-state index contributed by atoms with van der Waals surface area (Å²) in [6, 6.07) is 0. The molecule has 1 aliphatic heterocycles. The number of sulfonamides is 1. The highest BCUT2D eigenvalue weighted by atomic mass is 32.2. The van der Waals surface area contributed by atoms with E-state index < -0.39 is 10.0 Å². The van der Waals surface area contributed by atoms with Crippen molar-refractivity contribution in [3.05, 3.63) is 18.2 Å². The van der Waals surface area contributed by atoms with Crippen LogP contribution in [-0.2, 0) is 10.0 Å². The third kappa shape index (κ3) is 2.56. The van der Waals surface area contributed by atoms with Crippen molar-refractivity contribution < 1.29 is 8.42 Å². The summed E-state index contributed by atoms with van der Waals surface area (Å²) in [4.78, 5) is 7.35. The molecule has 1 aliphatic carbocycles. The molecule has 1 N–H and O–H groups in total. The fourth-order valence-electron chi connectivity index (χ4n) is 3.26. The van der Waals surface area contributed by atoms with E-state index in [2.05, 4.69) is 9.97 Å². The Morgan fingerprint density at radius 1 is 1.21 bits per heavy atom. The van der Waals surface area contributed by atoms with Crippen LogP contribution in [0.5, 0.6) is 0 Å². The van der Waals surface area contributed by atoms with E-state index in [9.17, 15) is 8.42 Å². The van der Waals surface area contributed by atoms with Crippen LogP contribution in [0.1, 0.15) is 50.3 Å². The van der Waals surface area contributed by atoms with Gasteiger partial charge in [0.15, 0.2) is 0 Å². The Morgan fingerprint density at radius 2 is 2.00 bits per heavy atom. The number of aromatic amines is 1. The minimum atomic E-state index is -3.09. The molecule has 0 radical (unpaired) electrons. The first-order chi connectivity index (χ1) is 9.18. The molecule has 1 atom stereocenters. The average Bonchev–Trinajstić information content (AvgIpc) is 3.10. The van der Waals surface area contributed by atoms with Gasteiger partial charge < -0.3 is 4.98 Å². The fourth-order valence-corrected chi connectivity index (χ4v) is 5.36. The number of hydrogen-bond acceptors (Lipinski definition) is 3. The molecular weight excluding hydrogens is 262 g/mol. The summed E-state index contributed by atoms with van der Waals surface area (Å²) < 4.78 is 26.9. The smallest absolute Gasteiger partial charge is 0.217 e. The van der Waals surface area contributed by atoms with E-state index in [1.165, 1.54) is 6.42 Å². The van der Waals surface area contributed by atoms with Crippen molar-refractivity contribution in [2.45, 2.75) is 49.7 Å². The first kappa shape index (κ1) is 13.1. The van der Waals surface area contributed by atoms with Crippen LogP contribution in [0, 0.1) is 0 Å². The predicted molar refractivity (Wildman–Crippen MR) is 73.3 cm³/mol. The van der Waals surface area contributed by atoms with Crippen LogP contribution < -0.4 is 0 Å². The van der Waals surface area contributed by atoms with Gasteiger partial charge in [-0.25, -0.2) is 17.7 Å². The zero-order valence-corrected chi connectivity index (χ0v) is 11.9. The van der Waals surface area contributed by atoms with Gasteiger partial charge in [0.05, 0.1) is 5.25 Å². The summed E-state index contributed by atoms with van der Waals surface area (Å²) in [5, 5.41) is -0.142. The second kappa shape index (κ2) is 5.25. The van der Waals surface area contributed by atoms with Crippen molar-refractivity contribution >= 4 is 10.0 Å². The van der Waals surface area contributed by atoms with Gasteiger partial charge in [-0.05, 0) is 19.3 Å². The van der Waals surface area contributed by atoms with Crippen molar-refractivity contribution in [1.82, 2.24) is 14.3 Å². The van der Waals surface area contributed by atoms with Gasteiger partial charge in [0.2, 0.25) is 10.0 Å². The highest BCUT2D eigenvalue weighted by molar-refractivity contribution is 7.89. The number of H-pyrrole nitrogens is 1. The molecule has 0 spiro atoms. The Balaban J connectivity index is 1.69. The first-order valence-corrected chi connectivity index (χ1v) is 8.66. The topological polar surface area (TPSA) is 66.1 Å². The fraction of sp³-hybridized carbons (Fsp3) is 0.769. The van der Waals surface area contributed by atoms with Crippen LogP contribution in [-0.4, -0.2) is 41.0 Å². The molecule has 2 fully saturated rings. The average molecular weight is 283 g/mol. The lowest BCUT2D eigenvalue weighted by Crippen LogP contribution is -2.38. The Hall–Kier alpha value is -0.880. The van der Waals surface area contributed by atoms with E-state index in [1.54, 1.807) is 16.7 Å². The number of aromatic nitrogens is 2. The van der Waals surface area contributed by atoms with Crippen LogP contribution in [0.25, 0.3) is 0 Å². The molecule has 106 valence electrons. The summed E-state index contributed by atoms with van der Waals surface area (Å²) in [5.41, 5.74) is 0. The number of hydrogen-bond donors (Lipinski definition) is 1. The van der Waals surface area contributed by atoms with Gasteiger partial charge in [0.1, 0.15) is 5.82 Å². The SMILES string of the molecule is O=S(=O)(C1CCCCC1)N1CC[C@H](c2ncc[nH]2)C1. The molecule has 0 amide bonds. The lowest BCUT2D eigenvalue weighted by molar-refractivity contribution is 0.426. The van der Waals surface area contributed by atoms with Crippen molar-refractivity contribution in [2.75, 3.05) is 13.1 Å². The molecule has 1 saturated heterocycles. The van der Waals surface area contributed by atoms with E-state index in [4.69, 9.17) is 0 Å². The zero-order chi connectivity index (χ0) is 13.3. The molecule has 6 heteroatoms. The highest BCUT2D eigenvalue weighted by Crippen LogP contribution is 2.32. The van der Waals surface area contributed by atoms with E-state index in [0.29, 0.717) is 13.1 Å². The number of nitrogens with one attached hydrogen (secondary N) is 1. The Kier molecular flexibility index (Phi) is 3.62. The van der Waals surface area contributed by atoms with Gasteiger partial charge in [-0.2, -0.15) is 0 Å². The summed E-state index contributed by atoms with van der Waals surface area (Å²) >= 11 is 0. The Morgan fingerprint density at radius 3 is 2.68 bits per heavy atom. The van der Waals surface area contributed by atoms with E-state index in [1.807, 2.05) is 0 Å². The minimum absolute atomic E-state index is 0.142. The standard InChI is InChI=1S/C13H21N3O2S/c17-19(18,12-4-2-1-3-5-12)16-9-6-11(10-16)13-14-7-8-15-13/h7-8,11-12H,1-6,9-10H2,(H,14,15)/t11-/m0/s1. The van der Waals surface area contributed by atoms with Crippen LogP contribution >= 0.6 is 0 Å². The molecule has 0 bridgehead atoms. The molecule has 3 rings (SSSR count). The molecule has 1 aromatic rings. The summed E-state index contributed by atoms with van der Waals surface area (Å²) in [5.74, 6) is 1.15. The van der Waals surface area contributed by atoms with Crippen LogP contribution in [0.3, 0.4) is 0 Å². The molecule has 0 unspecified atom stereocenters. The molecule has 0 aromatic carbocycles. The van der Waals surface area contributed by atoms with Crippen LogP contribution in [0.15, 0.2) is 12.4 Å². The lowest BCUT2D eigenvalue weighted by atomic mass is 10.0. The second-order valence-electron chi connectivity index (χ2n) is 5.62. The van der Waals surface area contributed by atoms with Gasteiger partial charge in [0.25, 0.3) is 0 Å². The summed E-state index contributed by atoms with van der Waals surface area (Å²) in [6.07, 6.45) is 9.37. The monoisotopic (exact) mass is 283 g/mol. The molecule has 1 saturated carbocycles. The molecule has 2 aliphatic rings. The first-order valence-electron chi connectivity index (χ1n) is 7.16. The lowest BCUT2D eigenvalue weighted by Gasteiger charge is -2.26. The van der Waals surface area contributed by atoms with Crippen molar-refractivity contribution in [2.24, 2.45) is 0 Å². The third-order valence-corrected chi connectivity index (χ3v) is 6.76. The highest BCUT2D eigenvalue weighted by Gasteiger charge is 2.38. The zero-order valence-electron chi connectivity index (χ0n) is 11.1. The second-order valence-corrected chi connectivity index (χ2v) is 7.84. The maximum atomic E-state index is 12.6. The predicted octanol–water partition coefficient (Wildman–Crippen LogP) is 1.86. The van der Waals surface area contributed by atoms with Gasteiger partial charge in [0, 0.05) is 31.4 Å². The van der Waals surface area contributed by atoms with E-state index in [0.717, 1.165) is 37.9 Å². The van der Waals surface area contributed by atoms with Crippen molar-refractivity contribution in [1.29, 1.82) is 0 Å². The van der Waals surface area contributed by atoms with Gasteiger partial charge in [-0.3, -0.25) is 0 Å². The summed E-state index contributed by atoms with van der Waals surface area (Å²) in [7, 11) is -3.09. The van der Waals surface area contributed by atoms with Crippen molar-refractivity contribution in [3.63, 3.8) is 0 Å². The number of imidazole rings is 1. The molecule has 19 heavy (non-hydrogen) atoms. The number of rotatable bonds is 3. The maximum Gasteiger partial charge on any atom is 0.217 e. The molecule has 5 nitrogen and oxygen atoms in total. The quantitative estimate of drug-likeness (QED) is 0.920. The van der Waals surface area contributed by atoms with Crippen molar-refractivity contribution in [3.8, 4) is 0 Å². The van der Waals surface area contributed by atoms with Gasteiger partial charge in [-0.1, -0.05) is 19.3 Å². The van der Waals surface area contributed by atoms with E-state index >= 15 is 0 Å². The van der Waals surface area contributed by atoms with Gasteiger partial charge >= 0.3 is 0 Å². The number of nitrogens with zero attached hydrogens (tertiary/aromatic N) is 2. The molecule has 1 aromatic heterocycles. The Labute approximate surface area is 114 Å². The third-order valence-electron chi connectivity index (χ3n) is 4.39. The normalized spacial score (nSPS) is 26.8.